The number of para-hydroxylation sites is 1. The van der Waals surface area contributed by atoms with Crippen LogP contribution >= 0.6 is 11.3 Å². The van der Waals surface area contributed by atoms with Gasteiger partial charge in [0.25, 0.3) is 0 Å². The summed E-state index contributed by atoms with van der Waals surface area (Å²) in [4.78, 5) is 17.2. The van der Waals surface area contributed by atoms with Gasteiger partial charge in [-0.2, -0.15) is 4.68 Å². The monoisotopic (exact) mass is 405 g/mol. The number of aromatic nitrogens is 5. The first-order chi connectivity index (χ1) is 14.1. The van der Waals surface area contributed by atoms with Crippen LogP contribution in [0.2, 0.25) is 0 Å². The van der Waals surface area contributed by atoms with E-state index in [1.54, 1.807) is 18.2 Å². The van der Waals surface area contributed by atoms with Gasteiger partial charge in [-0.25, -0.2) is 9.78 Å². The van der Waals surface area contributed by atoms with Gasteiger partial charge in [-0.15, -0.1) is 16.4 Å². The molecule has 8 heteroatoms. The van der Waals surface area contributed by atoms with E-state index in [1.165, 1.54) is 27.9 Å². The van der Waals surface area contributed by atoms with Gasteiger partial charge in [-0.05, 0) is 34.0 Å². The molecular weight excluding hydrogens is 386 g/mol. The number of benzene rings is 2. The van der Waals surface area contributed by atoms with Crippen LogP contribution in [0.3, 0.4) is 0 Å². The maximum absolute atomic E-state index is 12.6. The molecule has 0 unspecified atom stereocenters. The number of hydrogen-bond acceptors (Lipinski definition) is 7. The fraction of sp³-hybridized carbons (Fsp3) is 0.190. The zero-order valence-corrected chi connectivity index (χ0v) is 16.8. The highest BCUT2D eigenvalue weighted by Crippen LogP contribution is 2.26. The number of esters is 1. The second kappa shape index (κ2) is 8.32. The lowest BCUT2D eigenvalue weighted by Gasteiger charge is -2.08. The van der Waals surface area contributed by atoms with Gasteiger partial charge in [0.15, 0.2) is 0 Å². The van der Waals surface area contributed by atoms with Crippen LogP contribution in [0.25, 0.3) is 16.3 Å². The van der Waals surface area contributed by atoms with E-state index in [-0.39, 0.29) is 6.61 Å². The molecule has 4 rings (SSSR count). The molecule has 0 aliphatic heterocycles. The van der Waals surface area contributed by atoms with Gasteiger partial charge in [0.05, 0.1) is 16.9 Å². The van der Waals surface area contributed by atoms with Crippen LogP contribution in [0.5, 0.6) is 0 Å². The Hall–Kier alpha value is -3.39. The van der Waals surface area contributed by atoms with E-state index in [9.17, 15) is 4.79 Å². The predicted molar refractivity (Wildman–Crippen MR) is 110 cm³/mol. The third-order valence-corrected chi connectivity index (χ3v) is 5.39. The van der Waals surface area contributed by atoms with E-state index in [2.05, 4.69) is 58.6 Å². The zero-order valence-electron chi connectivity index (χ0n) is 16.0. The predicted octanol–water partition coefficient (Wildman–Crippen LogP) is 4.27. The first kappa shape index (κ1) is 18.9. The van der Waals surface area contributed by atoms with Crippen LogP contribution < -0.4 is 0 Å². The van der Waals surface area contributed by atoms with E-state index < -0.39 is 5.97 Å². The highest BCUT2D eigenvalue weighted by Gasteiger charge is 2.15. The van der Waals surface area contributed by atoms with Crippen molar-refractivity contribution in [2.75, 3.05) is 0 Å². The van der Waals surface area contributed by atoms with Crippen molar-refractivity contribution >= 4 is 17.3 Å². The molecule has 0 saturated carbocycles. The fourth-order valence-electron chi connectivity index (χ4n) is 2.85. The number of rotatable bonds is 6. The molecule has 4 aromatic rings. The molecule has 146 valence electrons. The summed E-state index contributed by atoms with van der Waals surface area (Å²) in [6.45, 7) is 4.44. The number of nitrogens with zero attached hydrogens (tertiary/aromatic N) is 5. The van der Waals surface area contributed by atoms with Gasteiger partial charge in [0.2, 0.25) is 0 Å². The van der Waals surface area contributed by atoms with Crippen molar-refractivity contribution in [2.24, 2.45) is 0 Å². The molecule has 29 heavy (non-hydrogen) atoms. The first-order valence-electron chi connectivity index (χ1n) is 9.16. The molecule has 2 aromatic heterocycles. The van der Waals surface area contributed by atoms with Crippen LogP contribution in [0, 0.1) is 0 Å². The fourth-order valence-corrected chi connectivity index (χ4v) is 3.66. The number of ether oxygens (including phenoxy) is 1. The molecule has 0 amide bonds. The van der Waals surface area contributed by atoms with Gasteiger partial charge < -0.3 is 4.74 Å². The smallest absolute Gasteiger partial charge is 0.340 e. The number of carbonyl (C=O) groups is 1. The topological polar surface area (TPSA) is 82.8 Å². The van der Waals surface area contributed by atoms with Crippen molar-refractivity contribution in [2.45, 2.75) is 26.4 Å². The number of hydrogen-bond donors (Lipinski definition) is 0. The molecule has 0 N–H and O–H groups in total. The van der Waals surface area contributed by atoms with Crippen LogP contribution in [0.15, 0.2) is 60.2 Å². The molecule has 0 radical (unpaired) electrons. The molecule has 7 nitrogen and oxygen atoms in total. The van der Waals surface area contributed by atoms with E-state index in [4.69, 9.17) is 4.74 Å². The Morgan fingerprint density at radius 3 is 2.66 bits per heavy atom. The number of tetrazole rings is 1. The Bertz CT molecular complexity index is 1100. The van der Waals surface area contributed by atoms with Gasteiger partial charge in [-0.3, -0.25) is 0 Å². The zero-order chi connectivity index (χ0) is 20.2. The summed E-state index contributed by atoms with van der Waals surface area (Å²) < 4.78 is 6.90. The lowest BCUT2D eigenvalue weighted by Crippen LogP contribution is -2.10. The molecule has 0 bridgehead atoms. The lowest BCUT2D eigenvalue weighted by atomic mass is 10.0. The quantitative estimate of drug-likeness (QED) is 0.446. The lowest BCUT2D eigenvalue weighted by molar-refractivity contribution is 0.0468. The SMILES string of the molecule is CC(C)c1ccc(-c2nc(COC(=O)c3ccccc3-n3cnnn3)cs2)cc1. The summed E-state index contributed by atoms with van der Waals surface area (Å²) in [6.07, 6.45) is 1.43. The molecule has 0 spiro atoms. The number of carbonyl (C=O) groups excluding carboxylic acids is 1. The summed E-state index contributed by atoms with van der Waals surface area (Å²) in [5.74, 6) is 0.0402. The Labute approximate surface area is 172 Å². The summed E-state index contributed by atoms with van der Waals surface area (Å²) in [5.41, 5.74) is 4.01. The molecule has 0 fully saturated rings. The average Bonchev–Trinajstić information content (AvgIpc) is 3.44. The highest BCUT2D eigenvalue weighted by atomic mass is 32.1. The second-order valence-electron chi connectivity index (χ2n) is 6.77. The molecule has 0 atom stereocenters. The number of thiazole rings is 1. The van der Waals surface area contributed by atoms with Crippen molar-refractivity contribution in [1.29, 1.82) is 0 Å². The Kier molecular flexibility index (Phi) is 5.44. The molecule has 2 aromatic carbocycles. The van der Waals surface area contributed by atoms with Gasteiger partial charge in [0.1, 0.15) is 17.9 Å². The third-order valence-electron chi connectivity index (χ3n) is 4.45. The standard InChI is InChI=1S/C21H19N5O2S/c1-14(2)15-7-9-16(10-8-15)20-23-17(12-29-20)11-28-21(27)18-5-3-4-6-19(18)26-13-22-24-25-26/h3-10,12-14H,11H2,1-2H3. The largest absolute Gasteiger partial charge is 0.455 e. The maximum Gasteiger partial charge on any atom is 0.340 e. The van der Waals surface area contributed by atoms with Gasteiger partial charge in [0, 0.05) is 10.9 Å². The van der Waals surface area contributed by atoms with E-state index in [1.807, 2.05) is 11.4 Å². The van der Waals surface area contributed by atoms with Gasteiger partial charge >= 0.3 is 5.97 Å². The van der Waals surface area contributed by atoms with Crippen LogP contribution in [0.1, 0.15) is 41.4 Å². The maximum atomic E-state index is 12.6. The molecule has 2 heterocycles. The summed E-state index contributed by atoms with van der Waals surface area (Å²) in [5, 5.41) is 13.9. The molecule has 0 aliphatic carbocycles. The summed E-state index contributed by atoms with van der Waals surface area (Å²) >= 11 is 1.53. The third kappa shape index (κ3) is 4.22. The van der Waals surface area contributed by atoms with E-state index in [0.29, 0.717) is 22.9 Å². The molecular formula is C21H19N5O2S. The van der Waals surface area contributed by atoms with Crippen molar-refractivity contribution in [1.82, 2.24) is 25.2 Å². The Morgan fingerprint density at radius 2 is 1.93 bits per heavy atom. The minimum absolute atomic E-state index is 0.101. The van der Waals surface area contributed by atoms with Crippen LogP contribution in [0.4, 0.5) is 0 Å². The minimum atomic E-state index is -0.452. The highest BCUT2D eigenvalue weighted by molar-refractivity contribution is 7.13. The minimum Gasteiger partial charge on any atom is -0.455 e. The summed E-state index contributed by atoms with van der Waals surface area (Å²) in [6, 6.07) is 15.4. The summed E-state index contributed by atoms with van der Waals surface area (Å²) in [7, 11) is 0. The van der Waals surface area contributed by atoms with Crippen LogP contribution in [-0.2, 0) is 11.3 Å². The first-order valence-corrected chi connectivity index (χ1v) is 10.0. The molecule has 0 saturated heterocycles. The van der Waals surface area contributed by atoms with Crippen molar-refractivity contribution in [3.05, 3.63) is 77.1 Å². The molecule has 0 aliphatic rings. The van der Waals surface area contributed by atoms with Crippen molar-refractivity contribution in [3.63, 3.8) is 0 Å². The van der Waals surface area contributed by atoms with E-state index >= 15 is 0 Å². The van der Waals surface area contributed by atoms with Gasteiger partial charge in [-0.1, -0.05) is 50.2 Å². The second-order valence-corrected chi connectivity index (χ2v) is 7.63. The Morgan fingerprint density at radius 1 is 1.14 bits per heavy atom. The Balaban J connectivity index is 1.45. The normalized spacial score (nSPS) is 11.0. The average molecular weight is 405 g/mol. The van der Waals surface area contributed by atoms with Crippen LogP contribution in [-0.4, -0.2) is 31.2 Å². The van der Waals surface area contributed by atoms with Crippen molar-refractivity contribution in [3.8, 4) is 16.3 Å². The van der Waals surface area contributed by atoms with E-state index in [0.717, 1.165) is 10.6 Å². The van der Waals surface area contributed by atoms with Crippen molar-refractivity contribution < 1.29 is 9.53 Å².